The molecule has 0 aliphatic rings. The number of hydrazone groups is 1. The Balaban J connectivity index is 1.93. The van der Waals surface area contributed by atoms with Gasteiger partial charge in [0.2, 0.25) is 11.9 Å². The molecule has 0 bridgehead atoms. The van der Waals surface area contributed by atoms with Crippen LogP contribution in [0.4, 0.5) is 19.1 Å². The predicted molar refractivity (Wildman–Crippen MR) is 101 cm³/mol. The standard InChI is InChI=1S/C19H19F3N6/c1-10-5-6-13(7-11(10)2)15-8-16(17(20)21)25-19(24-15)26-23-9-14-12(3)27-28(4)18(14)22/h5-9,17H,1-4H3,(H,24,25,26). The average Bonchev–Trinajstić information content (AvgIpc) is 2.89. The highest BCUT2D eigenvalue weighted by Gasteiger charge is 2.15. The van der Waals surface area contributed by atoms with Crippen LogP contribution in [-0.4, -0.2) is 26.0 Å². The number of hydrogen-bond acceptors (Lipinski definition) is 5. The van der Waals surface area contributed by atoms with E-state index in [0.717, 1.165) is 15.8 Å². The Bertz CT molecular complexity index is 1040. The zero-order valence-electron chi connectivity index (χ0n) is 15.8. The van der Waals surface area contributed by atoms with Gasteiger partial charge in [-0.25, -0.2) is 28.9 Å². The Hall–Kier alpha value is -3.23. The molecule has 1 aromatic carbocycles. The zero-order valence-corrected chi connectivity index (χ0v) is 15.8. The molecule has 28 heavy (non-hydrogen) atoms. The van der Waals surface area contributed by atoms with E-state index >= 15 is 0 Å². The number of nitrogens with one attached hydrogen (secondary N) is 1. The second kappa shape index (κ2) is 7.79. The van der Waals surface area contributed by atoms with Gasteiger partial charge >= 0.3 is 0 Å². The van der Waals surface area contributed by atoms with Crippen LogP contribution in [0, 0.1) is 26.7 Å². The molecule has 1 N–H and O–H groups in total. The largest absolute Gasteiger partial charge is 0.280 e. The summed E-state index contributed by atoms with van der Waals surface area (Å²) in [6.07, 6.45) is -1.55. The first-order chi connectivity index (χ1) is 13.3. The lowest BCUT2D eigenvalue weighted by atomic mass is 10.0. The maximum absolute atomic E-state index is 13.9. The van der Waals surface area contributed by atoms with Crippen molar-refractivity contribution >= 4 is 12.2 Å². The molecule has 0 atom stereocenters. The third-order valence-corrected chi connectivity index (χ3v) is 4.33. The fourth-order valence-electron chi connectivity index (χ4n) is 2.62. The Kier molecular flexibility index (Phi) is 5.43. The molecule has 0 saturated carbocycles. The summed E-state index contributed by atoms with van der Waals surface area (Å²) in [5, 5.41) is 7.81. The topological polar surface area (TPSA) is 68.0 Å². The number of alkyl halides is 2. The Morgan fingerprint density at radius 3 is 2.46 bits per heavy atom. The van der Waals surface area contributed by atoms with Crippen molar-refractivity contribution in [3.63, 3.8) is 0 Å². The highest BCUT2D eigenvalue weighted by molar-refractivity contribution is 5.81. The fraction of sp³-hybridized carbons (Fsp3) is 0.263. The van der Waals surface area contributed by atoms with Crippen molar-refractivity contribution in [3.05, 3.63) is 58.3 Å². The van der Waals surface area contributed by atoms with Crippen LogP contribution < -0.4 is 5.43 Å². The van der Waals surface area contributed by atoms with Crippen molar-refractivity contribution in [2.24, 2.45) is 12.1 Å². The van der Waals surface area contributed by atoms with Gasteiger partial charge in [-0.3, -0.25) is 0 Å². The van der Waals surface area contributed by atoms with E-state index in [-0.39, 0.29) is 11.5 Å². The molecule has 3 aromatic rings. The lowest BCUT2D eigenvalue weighted by Gasteiger charge is -2.09. The molecule has 0 fully saturated rings. The third-order valence-electron chi connectivity index (χ3n) is 4.33. The number of benzene rings is 1. The van der Waals surface area contributed by atoms with Gasteiger partial charge in [0.1, 0.15) is 5.69 Å². The molecule has 0 aliphatic carbocycles. The van der Waals surface area contributed by atoms with Gasteiger partial charge in [0.15, 0.2) is 0 Å². The molecule has 0 amide bonds. The average molecular weight is 388 g/mol. The van der Waals surface area contributed by atoms with Gasteiger partial charge in [0.25, 0.3) is 6.43 Å². The first-order valence-corrected chi connectivity index (χ1v) is 8.49. The van der Waals surface area contributed by atoms with Gasteiger partial charge in [-0.1, -0.05) is 12.1 Å². The monoisotopic (exact) mass is 388 g/mol. The maximum atomic E-state index is 13.9. The summed E-state index contributed by atoms with van der Waals surface area (Å²) < 4.78 is 41.5. The van der Waals surface area contributed by atoms with Crippen LogP contribution in [-0.2, 0) is 7.05 Å². The summed E-state index contributed by atoms with van der Waals surface area (Å²) in [5.41, 5.74) is 5.85. The second-order valence-corrected chi connectivity index (χ2v) is 6.38. The minimum Gasteiger partial charge on any atom is -0.245 e. The molecule has 0 saturated heterocycles. The molecule has 6 nitrogen and oxygen atoms in total. The Labute approximate surface area is 160 Å². The highest BCUT2D eigenvalue weighted by atomic mass is 19.3. The van der Waals surface area contributed by atoms with E-state index in [1.807, 2.05) is 26.0 Å². The second-order valence-electron chi connectivity index (χ2n) is 6.38. The molecule has 9 heteroatoms. The van der Waals surface area contributed by atoms with Crippen LogP contribution >= 0.6 is 0 Å². The summed E-state index contributed by atoms with van der Waals surface area (Å²) in [4.78, 5) is 8.03. The summed E-state index contributed by atoms with van der Waals surface area (Å²) in [5.74, 6) is -0.662. The normalized spacial score (nSPS) is 11.6. The van der Waals surface area contributed by atoms with Crippen LogP contribution in [0.25, 0.3) is 11.3 Å². The number of hydrogen-bond donors (Lipinski definition) is 1. The lowest BCUT2D eigenvalue weighted by molar-refractivity contribution is 0.146. The molecule has 0 aliphatic heterocycles. The van der Waals surface area contributed by atoms with Gasteiger partial charge in [-0.15, -0.1) is 0 Å². The summed E-state index contributed by atoms with van der Waals surface area (Å²) in [6, 6.07) is 6.82. The van der Waals surface area contributed by atoms with Crippen molar-refractivity contribution in [2.75, 3.05) is 5.43 Å². The molecule has 0 radical (unpaired) electrons. The quantitative estimate of drug-likeness (QED) is 0.522. The van der Waals surface area contributed by atoms with Crippen molar-refractivity contribution in [2.45, 2.75) is 27.2 Å². The number of anilines is 1. The van der Waals surface area contributed by atoms with Crippen molar-refractivity contribution in [3.8, 4) is 11.3 Å². The molecule has 3 rings (SSSR count). The number of halogens is 3. The summed E-state index contributed by atoms with van der Waals surface area (Å²) in [7, 11) is 1.47. The Morgan fingerprint density at radius 1 is 1.11 bits per heavy atom. The van der Waals surface area contributed by atoms with E-state index in [1.165, 1.54) is 19.3 Å². The summed E-state index contributed by atoms with van der Waals surface area (Å²) in [6.45, 7) is 5.53. The SMILES string of the molecule is Cc1ccc(-c2cc(C(F)F)nc(NN=Cc3c(C)nn(C)c3F)n2)cc1C. The highest BCUT2D eigenvalue weighted by Crippen LogP contribution is 2.26. The van der Waals surface area contributed by atoms with Crippen LogP contribution in [0.3, 0.4) is 0 Å². The van der Waals surface area contributed by atoms with Gasteiger partial charge < -0.3 is 0 Å². The minimum absolute atomic E-state index is 0.107. The van der Waals surface area contributed by atoms with Crippen LogP contribution in [0.2, 0.25) is 0 Å². The van der Waals surface area contributed by atoms with E-state index in [9.17, 15) is 13.2 Å². The van der Waals surface area contributed by atoms with Gasteiger partial charge in [-0.05, 0) is 44.0 Å². The maximum Gasteiger partial charge on any atom is 0.280 e. The number of nitrogens with zero attached hydrogens (tertiary/aromatic N) is 5. The van der Waals surface area contributed by atoms with Gasteiger partial charge in [-0.2, -0.15) is 14.6 Å². The molecular weight excluding hydrogens is 369 g/mol. The molecule has 0 unspecified atom stereocenters. The smallest absolute Gasteiger partial charge is 0.245 e. The Morgan fingerprint density at radius 2 is 1.86 bits per heavy atom. The van der Waals surface area contributed by atoms with E-state index in [1.54, 1.807) is 13.0 Å². The number of aromatic nitrogens is 4. The van der Waals surface area contributed by atoms with Crippen molar-refractivity contribution in [1.82, 2.24) is 19.7 Å². The fourth-order valence-corrected chi connectivity index (χ4v) is 2.62. The van der Waals surface area contributed by atoms with Gasteiger partial charge in [0, 0.05) is 12.6 Å². The molecule has 2 aromatic heterocycles. The summed E-state index contributed by atoms with van der Waals surface area (Å²) >= 11 is 0. The van der Waals surface area contributed by atoms with E-state index in [4.69, 9.17) is 0 Å². The van der Waals surface area contributed by atoms with E-state index in [2.05, 4.69) is 25.6 Å². The molecular formula is C19H19F3N6. The first-order valence-electron chi connectivity index (χ1n) is 8.49. The lowest BCUT2D eigenvalue weighted by Crippen LogP contribution is -2.03. The molecule has 146 valence electrons. The third kappa shape index (κ3) is 4.03. The van der Waals surface area contributed by atoms with E-state index < -0.39 is 18.1 Å². The van der Waals surface area contributed by atoms with Crippen LogP contribution in [0.15, 0.2) is 29.4 Å². The zero-order chi connectivity index (χ0) is 20.4. The first kappa shape index (κ1) is 19.5. The molecule has 0 spiro atoms. The predicted octanol–water partition coefficient (Wildman–Crippen LogP) is 4.33. The van der Waals surface area contributed by atoms with Crippen molar-refractivity contribution < 1.29 is 13.2 Å². The van der Waals surface area contributed by atoms with E-state index in [0.29, 0.717) is 17.0 Å². The minimum atomic E-state index is -2.77. The van der Waals surface area contributed by atoms with Crippen molar-refractivity contribution in [1.29, 1.82) is 0 Å². The van der Waals surface area contributed by atoms with Crippen LogP contribution in [0.1, 0.15) is 34.5 Å². The molecule has 2 heterocycles. The van der Waals surface area contributed by atoms with Gasteiger partial charge in [0.05, 0.1) is 23.2 Å². The van der Waals surface area contributed by atoms with Crippen LogP contribution in [0.5, 0.6) is 0 Å². The number of rotatable bonds is 5. The number of aryl methyl sites for hydroxylation is 4.